The third kappa shape index (κ3) is 3.86. The van der Waals surface area contributed by atoms with Crippen molar-refractivity contribution in [2.45, 2.75) is 6.54 Å². The van der Waals surface area contributed by atoms with Crippen molar-refractivity contribution in [2.75, 3.05) is 5.32 Å². The number of amides is 1. The third-order valence-corrected chi connectivity index (χ3v) is 4.60. The summed E-state index contributed by atoms with van der Waals surface area (Å²) in [5, 5.41) is 2.79. The van der Waals surface area contributed by atoms with E-state index in [1.165, 1.54) is 47.4 Å². The van der Waals surface area contributed by atoms with E-state index in [2.05, 4.69) is 10.3 Å². The number of fused-ring (bicyclic) bond motifs is 1. The van der Waals surface area contributed by atoms with Crippen molar-refractivity contribution in [1.29, 1.82) is 0 Å². The summed E-state index contributed by atoms with van der Waals surface area (Å²) in [5.74, 6) is -1.48. The molecule has 2 heterocycles. The fourth-order valence-corrected chi connectivity index (χ4v) is 3.20. The van der Waals surface area contributed by atoms with Crippen molar-refractivity contribution < 1.29 is 14.0 Å². The second-order valence-corrected chi connectivity index (χ2v) is 6.64. The van der Waals surface area contributed by atoms with E-state index >= 15 is 0 Å². The molecule has 7 heteroatoms. The molecule has 0 spiro atoms. The van der Waals surface area contributed by atoms with Gasteiger partial charge in [0.15, 0.2) is 5.78 Å². The summed E-state index contributed by atoms with van der Waals surface area (Å²) in [6.07, 6.45) is 4.23. The van der Waals surface area contributed by atoms with Gasteiger partial charge in [0, 0.05) is 35.2 Å². The number of carbonyl (C=O) groups excluding carboxylic acids is 2. The van der Waals surface area contributed by atoms with Gasteiger partial charge in [0.05, 0.1) is 11.1 Å². The fraction of sp³-hybridized carbons (Fsp3) is 0.0435. The number of carbonyl (C=O) groups is 2. The average Bonchev–Trinajstić information content (AvgIpc) is 2.76. The van der Waals surface area contributed by atoms with E-state index in [0.29, 0.717) is 11.2 Å². The molecule has 0 fully saturated rings. The van der Waals surface area contributed by atoms with Crippen LogP contribution in [0.4, 0.5) is 10.1 Å². The molecular weight excluding hydrogens is 385 g/mol. The molecule has 0 radical (unpaired) electrons. The number of aromatic nitrogens is 2. The summed E-state index contributed by atoms with van der Waals surface area (Å²) in [6, 6.07) is 15.6. The summed E-state index contributed by atoms with van der Waals surface area (Å²) in [6.45, 7) is -0.159. The van der Waals surface area contributed by atoms with Crippen molar-refractivity contribution in [2.24, 2.45) is 0 Å². The van der Waals surface area contributed by atoms with E-state index in [0.717, 1.165) is 6.07 Å². The third-order valence-electron chi connectivity index (χ3n) is 4.60. The van der Waals surface area contributed by atoms with E-state index in [1.807, 2.05) is 6.07 Å². The number of pyridine rings is 2. The van der Waals surface area contributed by atoms with Crippen LogP contribution in [-0.2, 0) is 11.3 Å². The summed E-state index contributed by atoms with van der Waals surface area (Å²) >= 11 is 0. The summed E-state index contributed by atoms with van der Waals surface area (Å²) in [7, 11) is 0. The van der Waals surface area contributed by atoms with Crippen LogP contribution in [0.25, 0.3) is 10.9 Å². The zero-order valence-corrected chi connectivity index (χ0v) is 15.7. The van der Waals surface area contributed by atoms with Crippen molar-refractivity contribution in [1.82, 2.24) is 9.55 Å². The Morgan fingerprint density at radius 3 is 2.47 bits per heavy atom. The molecule has 4 rings (SSSR count). The predicted molar refractivity (Wildman–Crippen MR) is 111 cm³/mol. The number of halogens is 1. The van der Waals surface area contributed by atoms with Crippen LogP contribution in [0.1, 0.15) is 15.9 Å². The molecular formula is C23H16FN3O3. The SMILES string of the molecule is O=C(Cn1cc(C(=O)c2ccncc2)c(=O)c2cc(F)ccc21)Nc1ccccc1. The minimum absolute atomic E-state index is 0.0300. The first-order valence-corrected chi connectivity index (χ1v) is 9.15. The van der Waals surface area contributed by atoms with Crippen molar-refractivity contribution in [3.05, 3.63) is 106 Å². The molecule has 148 valence electrons. The first kappa shape index (κ1) is 19.2. The summed E-state index contributed by atoms with van der Waals surface area (Å²) in [5.41, 5.74) is 0.513. The molecule has 6 nitrogen and oxygen atoms in total. The van der Waals surface area contributed by atoms with Crippen molar-refractivity contribution in [3.8, 4) is 0 Å². The van der Waals surface area contributed by atoms with Crippen LogP contribution in [0.5, 0.6) is 0 Å². The zero-order valence-electron chi connectivity index (χ0n) is 15.7. The lowest BCUT2D eigenvalue weighted by molar-refractivity contribution is -0.116. The highest BCUT2D eigenvalue weighted by Crippen LogP contribution is 2.16. The normalized spacial score (nSPS) is 10.7. The fourth-order valence-electron chi connectivity index (χ4n) is 3.20. The topological polar surface area (TPSA) is 81.1 Å². The van der Waals surface area contributed by atoms with Crippen molar-refractivity contribution in [3.63, 3.8) is 0 Å². The molecule has 0 unspecified atom stereocenters. The van der Waals surface area contributed by atoms with Gasteiger partial charge in [0.2, 0.25) is 11.3 Å². The number of ketones is 1. The monoisotopic (exact) mass is 401 g/mol. The molecule has 2 aromatic heterocycles. The highest BCUT2D eigenvalue weighted by Gasteiger charge is 2.18. The van der Waals surface area contributed by atoms with E-state index in [4.69, 9.17) is 0 Å². The Bertz CT molecular complexity index is 1300. The maximum absolute atomic E-state index is 13.8. The van der Waals surface area contributed by atoms with Crippen LogP contribution in [0.15, 0.2) is 84.0 Å². The minimum atomic E-state index is -0.603. The number of nitrogens with one attached hydrogen (secondary N) is 1. The number of nitrogens with zero attached hydrogens (tertiary/aromatic N) is 2. The second kappa shape index (κ2) is 8.08. The van der Waals surface area contributed by atoms with Crippen LogP contribution in [-0.4, -0.2) is 21.2 Å². The lowest BCUT2D eigenvalue weighted by Crippen LogP contribution is -2.24. The summed E-state index contributed by atoms with van der Waals surface area (Å²) < 4.78 is 15.3. The average molecular weight is 401 g/mol. The van der Waals surface area contributed by atoms with Gasteiger partial charge >= 0.3 is 0 Å². The molecule has 0 saturated carbocycles. The lowest BCUT2D eigenvalue weighted by Gasteiger charge is -2.13. The second-order valence-electron chi connectivity index (χ2n) is 6.64. The van der Waals surface area contributed by atoms with Gasteiger partial charge in [-0.1, -0.05) is 18.2 Å². The largest absolute Gasteiger partial charge is 0.337 e. The molecule has 0 bridgehead atoms. The molecule has 0 aliphatic carbocycles. The number of para-hydroxylation sites is 1. The van der Waals surface area contributed by atoms with Crippen molar-refractivity contribution >= 4 is 28.3 Å². The molecule has 0 atom stereocenters. The minimum Gasteiger partial charge on any atom is -0.337 e. The number of anilines is 1. The molecule has 2 aromatic carbocycles. The van der Waals surface area contributed by atoms with E-state index in [9.17, 15) is 18.8 Å². The van der Waals surface area contributed by atoms with Crippen LogP contribution in [0.3, 0.4) is 0 Å². The zero-order chi connectivity index (χ0) is 21.1. The number of benzene rings is 2. The maximum Gasteiger partial charge on any atom is 0.244 e. The number of rotatable bonds is 5. The first-order valence-electron chi connectivity index (χ1n) is 9.15. The highest BCUT2D eigenvalue weighted by atomic mass is 19.1. The van der Waals surface area contributed by atoms with E-state index < -0.39 is 17.0 Å². The van der Waals surface area contributed by atoms with Gasteiger partial charge in [0.1, 0.15) is 12.4 Å². The van der Waals surface area contributed by atoms with Gasteiger partial charge in [-0.3, -0.25) is 19.4 Å². The maximum atomic E-state index is 13.8. The Balaban J connectivity index is 1.78. The van der Waals surface area contributed by atoms with Gasteiger partial charge in [-0.2, -0.15) is 0 Å². The quantitative estimate of drug-likeness (QED) is 0.520. The van der Waals surface area contributed by atoms with Crippen LogP contribution < -0.4 is 10.7 Å². The smallest absolute Gasteiger partial charge is 0.244 e. The molecule has 0 aliphatic rings. The Morgan fingerprint density at radius 2 is 1.73 bits per heavy atom. The van der Waals surface area contributed by atoms with Gasteiger partial charge < -0.3 is 9.88 Å². The van der Waals surface area contributed by atoms with Gasteiger partial charge in [-0.15, -0.1) is 0 Å². The molecule has 1 amide bonds. The molecule has 4 aromatic rings. The van der Waals surface area contributed by atoms with Crippen LogP contribution in [0.2, 0.25) is 0 Å². The first-order chi connectivity index (χ1) is 14.5. The number of hydrogen-bond donors (Lipinski definition) is 1. The van der Waals surface area contributed by atoms with E-state index in [-0.39, 0.29) is 29.0 Å². The van der Waals surface area contributed by atoms with Crippen LogP contribution >= 0.6 is 0 Å². The summed E-state index contributed by atoms with van der Waals surface area (Å²) in [4.78, 5) is 42.2. The van der Waals surface area contributed by atoms with Gasteiger partial charge in [-0.05, 0) is 42.5 Å². The Labute approximate surface area is 170 Å². The Kier molecular flexibility index (Phi) is 5.17. The molecule has 0 saturated heterocycles. The molecule has 30 heavy (non-hydrogen) atoms. The predicted octanol–water partition coefficient (Wildman–Crippen LogP) is 3.41. The van der Waals surface area contributed by atoms with Gasteiger partial charge in [0.25, 0.3) is 0 Å². The Morgan fingerprint density at radius 1 is 1.00 bits per heavy atom. The Hall–Kier alpha value is -4.13. The van der Waals surface area contributed by atoms with Gasteiger partial charge in [-0.25, -0.2) is 4.39 Å². The lowest BCUT2D eigenvalue weighted by atomic mass is 10.0. The standard InChI is InChI=1S/C23H16FN3O3/c24-16-6-7-20-18(12-16)23(30)19(22(29)15-8-10-25-11-9-15)13-27(20)14-21(28)26-17-4-2-1-3-5-17/h1-13H,14H2,(H,26,28). The molecule has 0 aliphatic heterocycles. The molecule has 1 N–H and O–H groups in total. The van der Waals surface area contributed by atoms with Crippen LogP contribution in [0, 0.1) is 5.82 Å². The van der Waals surface area contributed by atoms with E-state index in [1.54, 1.807) is 24.3 Å². The number of hydrogen-bond acceptors (Lipinski definition) is 4. The highest BCUT2D eigenvalue weighted by molar-refractivity contribution is 6.10.